The summed E-state index contributed by atoms with van der Waals surface area (Å²) < 4.78 is 22.8. The first kappa shape index (κ1) is 11.0. The van der Waals surface area contributed by atoms with Crippen LogP contribution in [-0.4, -0.2) is 19.9 Å². The van der Waals surface area contributed by atoms with Gasteiger partial charge in [0.2, 0.25) is 0 Å². The maximum atomic E-state index is 11.4. The molecule has 0 aliphatic carbocycles. The monoisotopic (exact) mass is 204 g/mol. The van der Waals surface area contributed by atoms with E-state index in [0.29, 0.717) is 11.5 Å². The molecule has 0 spiro atoms. The van der Waals surface area contributed by atoms with Gasteiger partial charge in [-0.25, -0.2) is 8.42 Å². The molecule has 1 fully saturated rings. The zero-order chi connectivity index (χ0) is 9.95. The van der Waals surface area contributed by atoms with Gasteiger partial charge in [-0.2, -0.15) is 0 Å². The van der Waals surface area contributed by atoms with E-state index in [1.165, 1.54) is 0 Å². The Kier molecular flexibility index (Phi) is 3.38. The van der Waals surface area contributed by atoms with Crippen molar-refractivity contribution in [1.82, 2.24) is 0 Å². The highest BCUT2D eigenvalue weighted by Gasteiger charge is 2.40. The molecule has 0 bridgehead atoms. The minimum absolute atomic E-state index is 0.141. The Hall–Kier alpha value is -0.0500. The molecule has 0 aromatic carbocycles. The van der Waals surface area contributed by atoms with E-state index in [1.807, 2.05) is 0 Å². The topological polar surface area (TPSA) is 34.1 Å². The van der Waals surface area contributed by atoms with Crippen LogP contribution in [-0.2, 0) is 9.84 Å². The molecule has 1 aliphatic rings. The first-order valence-corrected chi connectivity index (χ1v) is 7.06. The molecular weight excluding hydrogens is 184 g/mol. The SMILES string of the molecule is CCCC1(CCC)CCS(=O)(=O)C1. The van der Waals surface area contributed by atoms with Gasteiger partial charge in [0.05, 0.1) is 11.5 Å². The lowest BCUT2D eigenvalue weighted by molar-refractivity contribution is 0.276. The van der Waals surface area contributed by atoms with Gasteiger partial charge in [-0.15, -0.1) is 0 Å². The van der Waals surface area contributed by atoms with Crippen molar-refractivity contribution in [2.45, 2.75) is 46.0 Å². The van der Waals surface area contributed by atoms with Gasteiger partial charge in [0.1, 0.15) is 0 Å². The van der Waals surface area contributed by atoms with Gasteiger partial charge in [0.15, 0.2) is 9.84 Å². The van der Waals surface area contributed by atoms with Crippen molar-refractivity contribution in [2.75, 3.05) is 11.5 Å². The smallest absolute Gasteiger partial charge is 0.150 e. The van der Waals surface area contributed by atoms with Gasteiger partial charge in [0.25, 0.3) is 0 Å². The molecule has 0 N–H and O–H groups in total. The first-order valence-electron chi connectivity index (χ1n) is 5.24. The van der Waals surface area contributed by atoms with Crippen molar-refractivity contribution in [2.24, 2.45) is 5.41 Å². The van der Waals surface area contributed by atoms with E-state index in [1.54, 1.807) is 0 Å². The van der Waals surface area contributed by atoms with E-state index < -0.39 is 9.84 Å². The fraction of sp³-hybridized carbons (Fsp3) is 1.00. The Morgan fingerprint density at radius 2 is 1.69 bits per heavy atom. The van der Waals surface area contributed by atoms with E-state index in [0.717, 1.165) is 32.1 Å². The molecule has 0 saturated carbocycles. The summed E-state index contributed by atoms with van der Waals surface area (Å²) in [7, 11) is -2.70. The van der Waals surface area contributed by atoms with Gasteiger partial charge < -0.3 is 0 Å². The normalized spacial score (nSPS) is 24.8. The molecule has 13 heavy (non-hydrogen) atoms. The predicted octanol–water partition coefficient (Wildman–Crippen LogP) is 2.39. The summed E-state index contributed by atoms with van der Waals surface area (Å²) in [5.41, 5.74) is 0.141. The highest BCUT2D eigenvalue weighted by atomic mass is 32.2. The third kappa shape index (κ3) is 2.70. The van der Waals surface area contributed by atoms with Crippen LogP contribution in [0.4, 0.5) is 0 Å². The van der Waals surface area contributed by atoms with Crippen LogP contribution in [0.5, 0.6) is 0 Å². The summed E-state index contributed by atoms with van der Waals surface area (Å²) in [5.74, 6) is 0.870. The first-order chi connectivity index (χ1) is 6.04. The molecular formula is C10H20O2S. The molecule has 0 atom stereocenters. The van der Waals surface area contributed by atoms with Crippen molar-refractivity contribution in [3.8, 4) is 0 Å². The van der Waals surface area contributed by atoms with E-state index in [2.05, 4.69) is 13.8 Å². The molecule has 1 saturated heterocycles. The standard InChI is InChI=1S/C10H20O2S/c1-3-5-10(6-4-2)7-8-13(11,12)9-10/h3-9H2,1-2H3. The third-order valence-electron chi connectivity index (χ3n) is 3.03. The maximum absolute atomic E-state index is 11.4. The minimum atomic E-state index is -2.70. The number of hydrogen-bond donors (Lipinski definition) is 0. The second-order valence-corrected chi connectivity index (χ2v) is 6.53. The van der Waals surface area contributed by atoms with Crippen LogP contribution in [0.2, 0.25) is 0 Å². The minimum Gasteiger partial charge on any atom is -0.229 e. The molecule has 0 aromatic rings. The molecule has 0 radical (unpaired) electrons. The molecule has 2 nitrogen and oxygen atoms in total. The molecule has 0 amide bonds. The molecule has 1 aliphatic heterocycles. The lowest BCUT2D eigenvalue weighted by Crippen LogP contribution is -2.21. The highest BCUT2D eigenvalue weighted by molar-refractivity contribution is 7.91. The lowest BCUT2D eigenvalue weighted by Gasteiger charge is -2.26. The zero-order valence-corrected chi connectivity index (χ0v) is 9.49. The molecule has 1 rings (SSSR count). The quantitative estimate of drug-likeness (QED) is 0.704. The van der Waals surface area contributed by atoms with Crippen LogP contribution < -0.4 is 0 Å². The molecule has 1 heterocycles. The largest absolute Gasteiger partial charge is 0.229 e. The van der Waals surface area contributed by atoms with Crippen molar-refractivity contribution >= 4 is 9.84 Å². The highest BCUT2D eigenvalue weighted by Crippen LogP contribution is 2.40. The van der Waals surface area contributed by atoms with Crippen LogP contribution in [0.25, 0.3) is 0 Å². The van der Waals surface area contributed by atoms with E-state index >= 15 is 0 Å². The number of sulfone groups is 1. The molecule has 0 aromatic heterocycles. The fourth-order valence-corrected chi connectivity index (χ4v) is 4.82. The van der Waals surface area contributed by atoms with Crippen molar-refractivity contribution in [3.63, 3.8) is 0 Å². The van der Waals surface area contributed by atoms with Gasteiger partial charge in [0, 0.05) is 0 Å². The average molecular weight is 204 g/mol. The van der Waals surface area contributed by atoms with Gasteiger partial charge in [-0.3, -0.25) is 0 Å². The van der Waals surface area contributed by atoms with Gasteiger partial charge >= 0.3 is 0 Å². The predicted molar refractivity (Wildman–Crippen MR) is 55.5 cm³/mol. The lowest BCUT2D eigenvalue weighted by atomic mass is 9.79. The Morgan fingerprint density at radius 1 is 1.15 bits per heavy atom. The summed E-state index contributed by atoms with van der Waals surface area (Å²) in [6, 6.07) is 0. The third-order valence-corrected chi connectivity index (χ3v) is 4.91. The van der Waals surface area contributed by atoms with Crippen LogP contribution in [0.3, 0.4) is 0 Å². The summed E-state index contributed by atoms with van der Waals surface area (Å²) in [4.78, 5) is 0. The van der Waals surface area contributed by atoms with Gasteiger partial charge in [-0.1, -0.05) is 26.7 Å². The fourth-order valence-electron chi connectivity index (χ4n) is 2.56. The van der Waals surface area contributed by atoms with Crippen LogP contribution >= 0.6 is 0 Å². The van der Waals surface area contributed by atoms with E-state index in [4.69, 9.17) is 0 Å². The summed E-state index contributed by atoms with van der Waals surface area (Å²) in [6.07, 6.45) is 5.28. The molecule has 0 unspecified atom stereocenters. The second-order valence-electron chi connectivity index (χ2n) is 4.34. The Labute approximate surface area is 81.6 Å². The Morgan fingerprint density at radius 3 is 2.00 bits per heavy atom. The second kappa shape index (κ2) is 3.99. The van der Waals surface area contributed by atoms with Crippen LogP contribution in [0.1, 0.15) is 46.0 Å². The van der Waals surface area contributed by atoms with Crippen LogP contribution in [0.15, 0.2) is 0 Å². The summed E-state index contributed by atoms with van der Waals surface area (Å²) in [5, 5.41) is 0. The van der Waals surface area contributed by atoms with Crippen molar-refractivity contribution in [3.05, 3.63) is 0 Å². The summed E-state index contributed by atoms with van der Waals surface area (Å²) >= 11 is 0. The van der Waals surface area contributed by atoms with Crippen molar-refractivity contribution < 1.29 is 8.42 Å². The average Bonchev–Trinajstić information content (AvgIpc) is 2.28. The van der Waals surface area contributed by atoms with E-state index in [9.17, 15) is 8.42 Å². The number of hydrogen-bond acceptors (Lipinski definition) is 2. The van der Waals surface area contributed by atoms with Crippen molar-refractivity contribution in [1.29, 1.82) is 0 Å². The van der Waals surface area contributed by atoms with E-state index in [-0.39, 0.29) is 5.41 Å². The zero-order valence-electron chi connectivity index (χ0n) is 8.67. The molecule has 3 heteroatoms. The number of rotatable bonds is 4. The Balaban J connectivity index is 2.71. The van der Waals surface area contributed by atoms with Gasteiger partial charge in [-0.05, 0) is 24.7 Å². The Bertz CT molecular complexity index is 248. The maximum Gasteiger partial charge on any atom is 0.150 e. The molecule has 78 valence electrons. The summed E-state index contributed by atoms with van der Waals surface area (Å²) in [6.45, 7) is 4.28. The van der Waals surface area contributed by atoms with Crippen LogP contribution in [0, 0.1) is 5.41 Å².